The van der Waals surface area contributed by atoms with Crippen LogP contribution in [0.5, 0.6) is 0 Å². The van der Waals surface area contributed by atoms with Crippen LogP contribution in [0.25, 0.3) is 5.69 Å². The van der Waals surface area contributed by atoms with Crippen molar-refractivity contribution in [2.24, 2.45) is 11.7 Å². The molecule has 1 heterocycles. The average Bonchev–Trinajstić information content (AvgIpc) is 3.31. The van der Waals surface area contributed by atoms with E-state index in [2.05, 4.69) is 10.4 Å². The number of rotatable bonds is 5. The van der Waals surface area contributed by atoms with Crippen LogP contribution in [0.3, 0.4) is 0 Å². The first-order chi connectivity index (χ1) is 11.0. The van der Waals surface area contributed by atoms with Crippen molar-refractivity contribution in [2.45, 2.75) is 32.7 Å². The molecule has 23 heavy (non-hydrogen) atoms. The fourth-order valence-corrected chi connectivity index (χ4v) is 2.91. The van der Waals surface area contributed by atoms with Gasteiger partial charge in [0.1, 0.15) is 5.82 Å². The van der Waals surface area contributed by atoms with Gasteiger partial charge in [-0.2, -0.15) is 5.10 Å². The summed E-state index contributed by atoms with van der Waals surface area (Å²) in [7, 11) is 0. The van der Waals surface area contributed by atoms with Crippen molar-refractivity contribution >= 4 is 5.91 Å². The number of hydrogen-bond donors (Lipinski definition) is 2. The monoisotopic (exact) mass is 316 g/mol. The Kier molecular flexibility index (Phi) is 4.17. The van der Waals surface area contributed by atoms with Gasteiger partial charge in [-0.05, 0) is 56.9 Å². The van der Waals surface area contributed by atoms with E-state index in [1.54, 1.807) is 23.7 Å². The van der Waals surface area contributed by atoms with Gasteiger partial charge in [0.15, 0.2) is 0 Å². The number of nitrogens with zero attached hydrogens (tertiary/aromatic N) is 2. The summed E-state index contributed by atoms with van der Waals surface area (Å²) in [6, 6.07) is 6.06. The molecule has 0 aliphatic heterocycles. The van der Waals surface area contributed by atoms with E-state index in [1.165, 1.54) is 12.1 Å². The highest BCUT2D eigenvalue weighted by Crippen LogP contribution is 2.32. The summed E-state index contributed by atoms with van der Waals surface area (Å²) in [5.41, 5.74) is 8.43. The van der Waals surface area contributed by atoms with Crippen LogP contribution >= 0.6 is 0 Å². The molecule has 3 N–H and O–H groups in total. The van der Waals surface area contributed by atoms with E-state index in [1.807, 2.05) is 6.92 Å². The molecule has 1 atom stereocenters. The highest BCUT2D eigenvalue weighted by atomic mass is 19.1. The van der Waals surface area contributed by atoms with Crippen molar-refractivity contribution in [3.8, 4) is 5.69 Å². The van der Waals surface area contributed by atoms with E-state index in [9.17, 15) is 9.18 Å². The van der Waals surface area contributed by atoms with Crippen LogP contribution in [0.2, 0.25) is 0 Å². The molecule has 0 radical (unpaired) electrons. The highest BCUT2D eigenvalue weighted by Gasteiger charge is 2.32. The van der Waals surface area contributed by atoms with Gasteiger partial charge in [-0.15, -0.1) is 0 Å². The molecular formula is C17H21FN4O. The molecule has 1 fully saturated rings. The first kappa shape index (κ1) is 15.7. The second kappa shape index (κ2) is 6.12. The standard InChI is InChI=1S/C17H21FN4O/c1-10-16(17(23)20-15(9-19)12-3-4-12)11(2)22(21-10)14-7-5-13(18)6-8-14/h5-8,12,15H,3-4,9,19H2,1-2H3,(H,20,23). The third-order valence-electron chi connectivity index (χ3n) is 4.35. The second-order valence-electron chi connectivity index (χ2n) is 6.09. The van der Waals surface area contributed by atoms with Gasteiger partial charge in [-0.25, -0.2) is 9.07 Å². The molecule has 3 rings (SSSR count). The normalized spacial score (nSPS) is 15.5. The van der Waals surface area contributed by atoms with E-state index in [-0.39, 0.29) is 17.8 Å². The van der Waals surface area contributed by atoms with Gasteiger partial charge >= 0.3 is 0 Å². The number of nitrogens with two attached hydrogens (primary N) is 1. The number of hydrogen-bond acceptors (Lipinski definition) is 3. The number of nitrogens with one attached hydrogen (secondary N) is 1. The Morgan fingerprint density at radius 3 is 2.61 bits per heavy atom. The molecule has 2 aromatic rings. The lowest BCUT2D eigenvalue weighted by atomic mass is 10.1. The van der Waals surface area contributed by atoms with Crippen LogP contribution in [-0.4, -0.2) is 28.3 Å². The summed E-state index contributed by atoms with van der Waals surface area (Å²) in [6.45, 7) is 4.09. The number of aromatic nitrogens is 2. The Balaban J connectivity index is 1.88. The van der Waals surface area contributed by atoms with Gasteiger partial charge < -0.3 is 11.1 Å². The Hall–Kier alpha value is -2.21. The van der Waals surface area contributed by atoms with Crippen LogP contribution in [0.15, 0.2) is 24.3 Å². The molecule has 0 spiro atoms. The SMILES string of the molecule is Cc1nn(-c2ccc(F)cc2)c(C)c1C(=O)NC(CN)C1CC1. The maximum absolute atomic E-state index is 13.1. The largest absolute Gasteiger partial charge is 0.348 e. The zero-order chi connectivity index (χ0) is 16.6. The second-order valence-corrected chi connectivity index (χ2v) is 6.09. The number of benzene rings is 1. The summed E-state index contributed by atoms with van der Waals surface area (Å²) in [4.78, 5) is 12.6. The quantitative estimate of drug-likeness (QED) is 0.887. The molecular weight excluding hydrogens is 295 g/mol. The van der Waals surface area contributed by atoms with Crippen LogP contribution in [0.1, 0.15) is 34.6 Å². The molecule has 1 saturated carbocycles. The third kappa shape index (κ3) is 3.12. The van der Waals surface area contributed by atoms with Gasteiger partial charge in [-0.1, -0.05) is 0 Å². The van der Waals surface area contributed by atoms with Crippen LogP contribution in [-0.2, 0) is 0 Å². The predicted octanol–water partition coefficient (Wildman–Crippen LogP) is 2.10. The van der Waals surface area contributed by atoms with E-state index < -0.39 is 0 Å². The Labute approximate surface area is 134 Å². The molecule has 1 aromatic carbocycles. The van der Waals surface area contributed by atoms with Crippen molar-refractivity contribution in [2.75, 3.05) is 6.54 Å². The van der Waals surface area contributed by atoms with Gasteiger partial charge in [0.2, 0.25) is 0 Å². The maximum atomic E-state index is 13.1. The van der Waals surface area contributed by atoms with Crippen LogP contribution < -0.4 is 11.1 Å². The smallest absolute Gasteiger partial charge is 0.255 e. The number of aryl methyl sites for hydroxylation is 1. The molecule has 0 saturated heterocycles. The summed E-state index contributed by atoms with van der Waals surface area (Å²) in [5.74, 6) is 0.0517. The molecule has 122 valence electrons. The lowest BCUT2D eigenvalue weighted by Gasteiger charge is -2.16. The predicted molar refractivity (Wildman–Crippen MR) is 86.0 cm³/mol. The minimum Gasteiger partial charge on any atom is -0.348 e. The summed E-state index contributed by atoms with van der Waals surface area (Å²) in [6.07, 6.45) is 2.24. The third-order valence-corrected chi connectivity index (χ3v) is 4.35. The van der Waals surface area contributed by atoms with Crippen LogP contribution in [0.4, 0.5) is 4.39 Å². The number of carbonyl (C=O) groups excluding carboxylic acids is 1. The van der Waals surface area contributed by atoms with E-state index in [4.69, 9.17) is 5.73 Å². The van der Waals surface area contributed by atoms with E-state index >= 15 is 0 Å². The zero-order valence-corrected chi connectivity index (χ0v) is 13.3. The van der Waals surface area contributed by atoms with E-state index in [0.29, 0.717) is 23.7 Å². The Morgan fingerprint density at radius 2 is 2.04 bits per heavy atom. The Morgan fingerprint density at radius 1 is 1.39 bits per heavy atom. The highest BCUT2D eigenvalue weighted by molar-refractivity contribution is 5.96. The molecule has 5 nitrogen and oxygen atoms in total. The molecule has 6 heteroatoms. The molecule has 1 unspecified atom stereocenters. The van der Waals surface area contributed by atoms with Crippen LogP contribution in [0, 0.1) is 25.6 Å². The molecule has 1 aromatic heterocycles. The van der Waals surface area contributed by atoms with Crippen molar-refractivity contribution in [1.82, 2.24) is 15.1 Å². The maximum Gasteiger partial charge on any atom is 0.255 e. The number of amides is 1. The first-order valence-electron chi connectivity index (χ1n) is 7.84. The molecule has 1 aliphatic rings. The van der Waals surface area contributed by atoms with Crippen molar-refractivity contribution in [3.63, 3.8) is 0 Å². The fraction of sp³-hybridized carbons (Fsp3) is 0.412. The van der Waals surface area contributed by atoms with Crippen molar-refractivity contribution < 1.29 is 9.18 Å². The average molecular weight is 316 g/mol. The van der Waals surface area contributed by atoms with Crippen molar-refractivity contribution in [3.05, 3.63) is 47.0 Å². The molecule has 1 amide bonds. The summed E-state index contributed by atoms with van der Waals surface area (Å²) < 4.78 is 14.7. The lowest BCUT2D eigenvalue weighted by Crippen LogP contribution is -2.42. The number of carbonyl (C=O) groups is 1. The number of halogens is 1. The molecule has 0 bridgehead atoms. The summed E-state index contributed by atoms with van der Waals surface area (Å²) >= 11 is 0. The minimum absolute atomic E-state index is 0.0236. The Bertz CT molecular complexity index is 719. The van der Waals surface area contributed by atoms with Gasteiger partial charge in [0.25, 0.3) is 5.91 Å². The lowest BCUT2D eigenvalue weighted by molar-refractivity contribution is 0.0932. The fourth-order valence-electron chi connectivity index (χ4n) is 2.91. The zero-order valence-electron chi connectivity index (χ0n) is 13.3. The van der Waals surface area contributed by atoms with Gasteiger partial charge in [-0.3, -0.25) is 4.79 Å². The topological polar surface area (TPSA) is 72.9 Å². The summed E-state index contributed by atoms with van der Waals surface area (Å²) in [5, 5.41) is 7.45. The first-order valence-corrected chi connectivity index (χ1v) is 7.84. The minimum atomic E-state index is -0.302. The van der Waals surface area contributed by atoms with Crippen molar-refractivity contribution in [1.29, 1.82) is 0 Å². The van der Waals surface area contributed by atoms with E-state index in [0.717, 1.165) is 24.2 Å². The van der Waals surface area contributed by atoms with Gasteiger partial charge in [0.05, 0.1) is 22.6 Å². The van der Waals surface area contributed by atoms with Gasteiger partial charge in [0, 0.05) is 12.6 Å². The molecule has 1 aliphatic carbocycles.